The molecule has 2 rings (SSSR count). The van der Waals surface area contributed by atoms with E-state index in [2.05, 4.69) is 0 Å². The molecule has 0 aromatic heterocycles. The first-order valence-corrected chi connectivity index (χ1v) is 6.39. The maximum absolute atomic E-state index is 12.0. The van der Waals surface area contributed by atoms with E-state index in [1.54, 1.807) is 4.90 Å². The zero-order valence-electron chi connectivity index (χ0n) is 11.4. The number of fused-ring (bicyclic) bond motifs is 2. The highest BCUT2D eigenvalue weighted by Crippen LogP contribution is 2.43. The third-order valence-corrected chi connectivity index (χ3v) is 3.67. The Morgan fingerprint density at radius 3 is 2.33 bits per heavy atom. The van der Waals surface area contributed by atoms with Crippen LogP contribution in [0.4, 0.5) is 4.79 Å². The fourth-order valence-electron chi connectivity index (χ4n) is 2.94. The maximum Gasteiger partial charge on any atom is 0.410 e. The Balaban J connectivity index is 1.95. The molecule has 2 aliphatic rings. The van der Waals surface area contributed by atoms with Crippen molar-refractivity contribution < 1.29 is 19.1 Å². The number of carbonyl (C=O) groups is 2. The third kappa shape index (κ3) is 2.44. The van der Waals surface area contributed by atoms with E-state index >= 15 is 0 Å². The number of carbonyl (C=O) groups excluding carboxylic acids is 2. The van der Waals surface area contributed by atoms with Gasteiger partial charge in [-0.15, -0.1) is 0 Å². The second-order valence-electron chi connectivity index (χ2n) is 6.15. The first kappa shape index (κ1) is 13.2. The van der Waals surface area contributed by atoms with Crippen molar-refractivity contribution in [3.8, 4) is 0 Å². The summed E-state index contributed by atoms with van der Waals surface area (Å²) >= 11 is 0. The monoisotopic (exact) mass is 255 g/mol. The van der Waals surface area contributed by atoms with E-state index in [4.69, 9.17) is 9.47 Å². The van der Waals surface area contributed by atoms with Gasteiger partial charge in [0.1, 0.15) is 5.60 Å². The number of hydrogen-bond donors (Lipinski definition) is 0. The fraction of sp³-hybridized carbons (Fsp3) is 0.846. The van der Waals surface area contributed by atoms with E-state index in [0.29, 0.717) is 13.0 Å². The summed E-state index contributed by atoms with van der Waals surface area (Å²) in [6, 6.07) is 0.133. The number of likely N-dealkylation sites (tertiary alicyclic amines) is 1. The van der Waals surface area contributed by atoms with Gasteiger partial charge in [-0.05, 0) is 39.5 Å². The quantitative estimate of drug-likeness (QED) is 0.670. The molecule has 1 aliphatic carbocycles. The fourth-order valence-corrected chi connectivity index (χ4v) is 2.94. The van der Waals surface area contributed by atoms with Crippen molar-refractivity contribution in [3.05, 3.63) is 0 Å². The molecule has 0 aromatic rings. The minimum absolute atomic E-state index is 0.0429. The predicted molar refractivity (Wildman–Crippen MR) is 65.0 cm³/mol. The van der Waals surface area contributed by atoms with E-state index < -0.39 is 5.60 Å². The van der Waals surface area contributed by atoms with Crippen LogP contribution in [0.1, 0.15) is 33.6 Å². The second-order valence-corrected chi connectivity index (χ2v) is 6.15. The van der Waals surface area contributed by atoms with E-state index in [-0.39, 0.29) is 29.9 Å². The lowest BCUT2D eigenvalue weighted by Crippen LogP contribution is -2.44. The lowest BCUT2D eigenvalue weighted by Gasteiger charge is -2.32. The predicted octanol–water partition coefficient (Wildman–Crippen LogP) is 1.80. The van der Waals surface area contributed by atoms with Crippen molar-refractivity contribution >= 4 is 12.1 Å². The molecule has 0 unspecified atom stereocenters. The number of hydrogen-bond acceptors (Lipinski definition) is 4. The minimum Gasteiger partial charge on any atom is -0.469 e. The highest BCUT2D eigenvalue weighted by molar-refractivity contribution is 5.75. The van der Waals surface area contributed by atoms with Crippen LogP contribution >= 0.6 is 0 Å². The van der Waals surface area contributed by atoms with Crippen LogP contribution in [0.5, 0.6) is 0 Å². The third-order valence-electron chi connectivity index (χ3n) is 3.67. The first-order valence-electron chi connectivity index (χ1n) is 6.39. The Bertz CT molecular complexity index is 360. The van der Waals surface area contributed by atoms with E-state index in [1.807, 2.05) is 20.8 Å². The summed E-state index contributed by atoms with van der Waals surface area (Å²) in [7, 11) is 1.42. The molecule has 3 atom stereocenters. The molecule has 1 aliphatic heterocycles. The number of nitrogens with zero attached hydrogens (tertiary/aromatic N) is 1. The van der Waals surface area contributed by atoms with Gasteiger partial charge < -0.3 is 14.4 Å². The number of ether oxygens (including phenoxy) is 2. The molecular weight excluding hydrogens is 234 g/mol. The van der Waals surface area contributed by atoms with Gasteiger partial charge in [0.05, 0.1) is 13.0 Å². The molecule has 5 heteroatoms. The number of piperidine rings is 1. The van der Waals surface area contributed by atoms with Crippen molar-refractivity contribution in [3.63, 3.8) is 0 Å². The van der Waals surface area contributed by atoms with Gasteiger partial charge >= 0.3 is 12.1 Å². The van der Waals surface area contributed by atoms with Crippen molar-refractivity contribution in [2.75, 3.05) is 13.7 Å². The Hall–Kier alpha value is -1.26. The molecule has 102 valence electrons. The van der Waals surface area contributed by atoms with Crippen molar-refractivity contribution in [1.82, 2.24) is 4.90 Å². The number of esters is 1. The Kier molecular flexibility index (Phi) is 3.25. The van der Waals surface area contributed by atoms with Crippen LogP contribution in [0.25, 0.3) is 0 Å². The van der Waals surface area contributed by atoms with Crippen LogP contribution in [-0.2, 0) is 14.3 Å². The summed E-state index contributed by atoms with van der Waals surface area (Å²) < 4.78 is 10.2. The van der Waals surface area contributed by atoms with Crippen molar-refractivity contribution in [2.45, 2.75) is 45.3 Å². The topological polar surface area (TPSA) is 55.8 Å². The molecule has 18 heavy (non-hydrogen) atoms. The number of methoxy groups -OCH3 is 1. The zero-order valence-corrected chi connectivity index (χ0v) is 11.4. The van der Waals surface area contributed by atoms with Gasteiger partial charge in [0.15, 0.2) is 0 Å². The summed E-state index contributed by atoms with van der Waals surface area (Å²) in [5, 5.41) is 0. The second kappa shape index (κ2) is 4.44. The average molecular weight is 255 g/mol. The van der Waals surface area contributed by atoms with Crippen LogP contribution in [-0.4, -0.2) is 42.3 Å². The normalized spacial score (nSPS) is 30.4. The lowest BCUT2D eigenvalue weighted by molar-refractivity contribution is -0.147. The van der Waals surface area contributed by atoms with Gasteiger partial charge in [0, 0.05) is 12.6 Å². The van der Waals surface area contributed by atoms with Crippen LogP contribution in [0, 0.1) is 11.8 Å². The van der Waals surface area contributed by atoms with Crippen LogP contribution < -0.4 is 0 Å². The van der Waals surface area contributed by atoms with Gasteiger partial charge in [0.2, 0.25) is 0 Å². The first-order chi connectivity index (χ1) is 8.31. The van der Waals surface area contributed by atoms with Crippen molar-refractivity contribution in [2.24, 2.45) is 11.8 Å². The smallest absolute Gasteiger partial charge is 0.410 e. The summed E-state index contributed by atoms with van der Waals surface area (Å²) in [5.41, 5.74) is -0.472. The molecule has 0 N–H and O–H groups in total. The van der Waals surface area contributed by atoms with E-state index in [0.717, 1.165) is 6.42 Å². The van der Waals surface area contributed by atoms with Gasteiger partial charge in [-0.3, -0.25) is 4.79 Å². The van der Waals surface area contributed by atoms with Crippen LogP contribution in [0.15, 0.2) is 0 Å². The Morgan fingerprint density at radius 1 is 1.22 bits per heavy atom. The molecule has 0 aromatic carbocycles. The van der Waals surface area contributed by atoms with Gasteiger partial charge in [0.25, 0.3) is 0 Å². The summed E-state index contributed by atoms with van der Waals surface area (Å²) in [6.07, 6.45) is 1.33. The molecule has 1 heterocycles. The largest absolute Gasteiger partial charge is 0.469 e. The number of rotatable bonds is 1. The molecule has 1 amide bonds. The Morgan fingerprint density at radius 2 is 1.89 bits per heavy atom. The molecule has 5 nitrogen and oxygen atoms in total. The average Bonchev–Trinajstić information content (AvgIpc) is 2.84. The molecule has 1 saturated heterocycles. The Labute approximate surface area is 107 Å². The van der Waals surface area contributed by atoms with Gasteiger partial charge in [-0.2, -0.15) is 0 Å². The molecule has 1 saturated carbocycles. The summed E-state index contributed by atoms with van der Waals surface area (Å²) in [5.74, 6) is 0.0417. The summed E-state index contributed by atoms with van der Waals surface area (Å²) in [6.45, 7) is 6.18. The molecule has 2 bridgehead atoms. The SMILES string of the molecule is COC(=O)[C@H]1C[C@@H]2C[C@H]1CN2C(=O)OC(C)(C)C. The van der Waals surface area contributed by atoms with Crippen LogP contribution in [0.2, 0.25) is 0 Å². The molecular formula is C13H21NO4. The molecule has 0 spiro atoms. The van der Waals surface area contributed by atoms with E-state index in [1.165, 1.54) is 7.11 Å². The lowest BCUT2D eigenvalue weighted by atomic mass is 9.95. The highest BCUT2D eigenvalue weighted by Gasteiger charge is 2.50. The minimum atomic E-state index is -0.472. The molecule has 0 radical (unpaired) electrons. The van der Waals surface area contributed by atoms with Gasteiger partial charge in [-0.1, -0.05) is 0 Å². The maximum atomic E-state index is 12.0. The molecule has 2 fully saturated rings. The summed E-state index contributed by atoms with van der Waals surface area (Å²) in [4.78, 5) is 25.3. The van der Waals surface area contributed by atoms with Crippen molar-refractivity contribution in [1.29, 1.82) is 0 Å². The zero-order chi connectivity index (χ0) is 13.5. The van der Waals surface area contributed by atoms with E-state index in [9.17, 15) is 9.59 Å². The van der Waals surface area contributed by atoms with Gasteiger partial charge in [-0.25, -0.2) is 4.79 Å². The van der Waals surface area contributed by atoms with Crippen LogP contribution in [0.3, 0.4) is 0 Å². The highest BCUT2D eigenvalue weighted by atomic mass is 16.6. The standard InChI is InChI=1S/C13H21NO4/c1-13(2,3)18-12(16)14-7-8-5-9(14)6-10(8)11(15)17-4/h8-10H,5-7H2,1-4H3/t8-,9-,10-/m0/s1. The number of amides is 1.